The van der Waals surface area contributed by atoms with E-state index in [0.717, 1.165) is 38.5 Å². The van der Waals surface area contributed by atoms with Gasteiger partial charge in [-0.15, -0.1) is 0 Å². The summed E-state index contributed by atoms with van der Waals surface area (Å²) in [6, 6.07) is 0. The molecule has 1 aliphatic carbocycles. The van der Waals surface area contributed by atoms with E-state index in [2.05, 4.69) is 4.99 Å². The second kappa shape index (κ2) is 5.29. The molecule has 17 heavy (non-hydrogen) atoms. The number of hydrogen-bond acceptors (Lipinski definition) is 4. The molecule has 2 aliphatic rings. The first-order valence-electron chi connectivity index (χ1n) is 6.24. The predicted octanol–water partition coefficient (Wildman–Crippen LogP) is 1.41. The van der Waals surface area contributed by atoms with Crippen molar-refractivity contribution in [1.29, 1.82) is 0 Å². The highest BCUT2D eigenvalue weighted by atomic mass is 32.2. The summed E-state index contributed by atoms with van der Waals surface area (Å²) in [6.07, 6.45) is 6.99. The minimum Gasteiger partial charge on any atom is -0.212 e. The minimum atomic E-state index is -3.27. The van der Waals surface area contributed by atoms with Crippen LogP contribution in [-0.2, 0) is 14.8 Å². The number of carbonyl (C=O) groups excluding carboxylic acids is 1. The molecule has 1 saturated heterocycles. The zero-order chi connectivity index (χ0) is 12.3. The normalized spacial score (nSPS) is 27.9. The Morgan fingerprint density at radius 1 is 1.06 bits per heavy atom. The average Bonchev–Trinajstić information content (AvgIpc) is 2.80. The van der Waals surface area contributed by atoms with Gasteiger partial charge in [-0.3, -0.25) is 0 Å². The first-order chi connectivity index (χ1) is 8.16. The van der Waals surface area contributed by atoms with Crippen LogP contribution in [0.25, 0.3) is 0 Å². The van der Waals surface area contributed by atoms with Gasteiger partial charge in [0, 0.05) is 6.54 Å². The maximum Gasteiger partial charge on any atom is 0.236 e. The maximum atomic E-state index is 12.4. The van der Waals surface area contributed by atoms with Crippen molar-refractivity contribution in [3.8, 4) is 0 Å². The van der Waals surface area contributed by atoms with E-state index in [9.17, 15) is 13.2 Å². The molecular weight excluding hydrogens is 240 g/mol. The Bertz CT molecular complexity index is 408. The molecule has 1 atom stereocenters. The molecule has 1 saturated carbocycles. The van der Waals surface area contributed by atoms with Crippen molar-refractivity contribution in [2.75, 3.05) is 6.54 Å². The highest BCUT2D eigenvalue weighted by molar-refractivity contribution is 7.89. The van der Waals surface area contributed by atoms with Gasteiger partial charge in [-0.05, 0) is 25.7 Å². The van der Waals surface area contributed by atoms with Gasteiger partial charge in [-0.25, -0.2) is 13.2 Å². The number of isocyanates is 1. The van der Waals surface area contributed by atoms with E-state index in [1.165, 1.54) is 10.4 Å². The molecule has 6 heteroatoms. The van der Waals surface area contributed by atoms with E-state index in [4.69, 9.17) is 0 Å². The number of aliphatic imine (C=N–C) groups is 1. The third-order valence-corrected chi connectivity index (χ3v) is 6.07. The van der Waals surface area contributed by atoms with Gasteiger partial charge in [0.25, 0.3) is 0 Å². The smallest absolute Gasteiger partial charge is 0.212 e. The molecule has 0 bridgehead atoms. The summed E-state index contributed by atoms with van der Waals surface area (Å²) in [5, 5.41) is -0.265. The standard InChI is InChI=1S/C11H18N2O3S/c14-9-12-11-7-4-8-13(11)17(15,16)10-5-2-1-3-6-10/h10-11H,1-8H2. The van der Waals surface area contributed by atoms with Gasteiger partial charge in [0.05, 0.1) is 5.25 Å². The molecule has 0 amide bonds. The van der Waals surface area contributed by atoms with Crippen LogP contribution in [0.3, 0.4) is 0 Å². The molecule has 1 heterocycles. The van der Waals surface area contributed by atoms with Crippen LogP contribution in [-0.4, -0.2) is 36.8 Å². The Morgan fingerprint density at radius 2 is 1.76 bits per heavy atom. The van der Waals surface area contributed by atoms with Crippen molar-refractivity contribution in [2.45, 2.75) is 56.4 Å². The van der Waals surface area contributed by atoms with Crippen molar-refractivity contribution in [3.05, 3.63) is 0 Å². The Hall–Kier alpha value is -0.710. The summed E-state index contributed by atoms with van der Waals surface area (Å²) in [5.41, 5.74) is 0. The van der Waals surface area contributed by atoms with Gasteiger partial charge in [0.1, 0.15) is 6.17 Å². The van der Waals surface area contributed by atoms with Crippen LogP contribution in [0, 0.1) is 0 Å². The topological polar surface area (TPSA) is 66.8 Å². The molecule has 0 aromatic carbocycles. The van der Waals surface area contributed by atoms with E-state index < -0.39 is 16.2 Å². The van der Waals surface area contributed by atoms with Crippen LogP contribution in [0.4, 0.5) is 0 Å². The Morgan fingerprint density at radius 3 is 2.41 bits per heavy atom. The lowest BCUT2D eigenvalue weighted by atomic mass is 10.0. The Kier molecular flexibility index (Phi) is 3.97. The number of rotatable bonds is 3. The monoisotopic (exact) mass is 258 g/mol. The lowest BCUT2D eigenvalue weighted by Crippen LogP contribution is -2.41. The molecule has 2 rings (SSSR count). The molecule has 0 aromatic heterocycles. The van der Waals surface area contributed by atoms with E-state index in [1.54, 1.807) is 0 Å². The largest absolute Gasteiger partial charge is 0.236 e. The van der Waals surface area contributed by atoms with Crippen LogP contribution in [0.2, 0.25) is 0 Å². The van der Waals surface area contributed by atoms with Gasteiger partial charge >= 0.3 is 0 Å². The fourth-order valence-electron chi connectivity index (χ4n) is 2.76. The summed E-state index contributed by atoms with van der Waals surface area (Å²) < 4.78 is 26.2. The van der Waals surface area contributed by atoms with Crippen molar-refractivity contribution >= 4 is 16.1 Å². The third-order valence-electron chi connectivity index (χ3n) is 3.68. The van der Waals surface area contributed by atoms with Gasteiger partial charge in [-0.2, -0.15) is 9.30 Å². The zero-order valence-corrected chi connectivity index (χ0v) is 10.7. The molecule has 1 aliphatic heterocycles. The number of nitrogens with zero attached hydrogens (tertiary/aromatic N) is 2. The van der Waals surface area contributed by atoms with Crippen molar-refractivity contribution < 1.29 is 13.2 Å². The molecule has 0 N–H and O–H groups in total. The fourth-order valence-corrected chi connectivity index (χ4v) is 4.95. The SMILES string of the molecule is O=C=NC1CCCN1S(=O)(=O)C1CCCCC1. The van der Waals surface area contributed by atoms with Crippen LogP contribution in [0.15, 0.2) is 4.99 Å². The van der Waals surface area contributed by atoms with Crippen LogP contribution in [0.1, 0.15) is 44.9 Å². The first kappa shape index (κ1) is 12.7. The quantitative estimate of drug-likeness (QED) is 0.568. The van der Waals surface area contributed by atoms with E-state index in [0.29, 0.717) is 13.0 Å². The van der Waals surface area contributed by atoms with Crippen LogP contribution < -0.4 is 0 Å². The van der Waals surface area contributed by atoms with Crippen LogP contribution in [0.5, 0.6) is 0 Å². The second-order valence-electron chi connectivity index (χ2n) is 4.76. The van der Waals surface area contributed by atoms with Gasteiger partial charge in [-0.1, -0.05) is 19.3 Å². The highest BCUT2D eigenvalue weighted by Gasteiger charge is 2.39. The van der Waals surface area contributed by atoms with E-state index in [1.807, 2.05) is 0 Å². The summed E-state index contributed by atoms with van der Waals surface area (Å²) in [5.74, 6) is 0. The molecule has 0 spiro atoms. The number of hydrogen-bond donors (Lipinski definition) is 0. The van der Waals surface area contributed by atoms with Crippen molar-refractivity contribution in [3.63, 3.8) is 0 Å². The van der Waals surface area contributed by atoms with Crippen LogP contribution >= 0.6 is 0 Å². The van der Waals surface area contributed by atoms with E-state index in [-0.39, 0.29) is 5.25 Å². The molecule has 0 aromatic rings. The lowest BCUT2D eigenvalue weighted by molar-refractivity contribution is 0.375. The van der Waals surface area contributed by atoms with Gasteiger partial charge in [0.15, 0.2) is 0 Å². The Balaban J connectivity index is 2.16. The Labute approximate surface area is 102 Å². The van der Waals surface area contributed by atoms with Gasteiger partial charge < -0.3 is 0 Å². The molecule has 1 unspecified atom stereocenters. The molecule has 96 valence electrons. The summed E-state index contributed by atoms with van der Waals surface area (Å²) >= 11 is 0. The van der Waals surface area contributed by atoms with Crippen molar-refractivity contribution in [2.24, 2.45) is 4.99 Å². The molecule has 0 radical (unpaired) electrons. The minimum absolute atomic E-state index is 0.265. The van der Waals surface area contributed by atoms with Gasteiger partial charge in [0.2, 0.25) is 16.1 Å². The van der Waals surface area contributed by atoms with E-state index >= 15 is 0 Å². The highest BCUT2D eigenvalue weighted by Crippen LogP contribution is 2.30. The molecule has 2 fully saturated rings. The maximum absolute atomic E-state index is 12.4. The van der Waals surface area contributed by atoms with Crippen molar-refractivity contribution in [1.82, 2.24) is 4.31 Å². The summed E-state index contributed by atoms with van der Waals surface area (Å²) in [4.78, 5) is 13.9. The molecule has 5 nitrogen and oxygen atoms in total. The zero-order valence-electron chi connectivity index (χ0n) is 9.84. The fraction of sp³-hybridized carbons (Fsp3) is 0.909. The first-order valence-corrected chi connectivity index (χ1v) is 7.74. The lowest BCUT2D eigenvalue weighted by Gasteiger charge is -2.28. The second-order valence-corrected chi connectivity index (χ2v) is 6.92. The predicted molar refractivity (Wildman–Crippen MR) is 63.6 cm³/mol. The average molecular weight is 258 g/mol. The molecular formula is C11H18N2O3S. The summed E-state index contributed by atoms with van der Waals surface area (Å²) in [7, 11) is -3.27. The summed E-state index contributed by atoms with van der Waals surface area (Å²) in [6.45, 7) is 0.495. The third kappa shape index (κ3) is 2.59. The number of sulfonamides is 1.